The zero-order valence-corrected chi connectivity index (χ0v) is 16.1. The Labute approximate surface area is 155 Å². The smallest absolute Gasteiger partial charge is 0.232 e. The molecule has 142 valence electrons. The van der Waals surface area contributed by atoms with Crippen LogP contribution < -0.4 is 4.74 Å². The average molecular weight is 359 g/mol. The predicted octanol–water partition coefficient (Wildman–Crippen LogP) is 2.06. The normalized spacial score (nSPS) is 17.5. The van der Waals surface area contributed by atoms with Crippen LogP contribution in [0.3, 0.4) is 0 Å². The van der Waals surface area contributed by atoms with Gasteiger partial charge in [0.15, 0.2) is 0 Å². The topological polar surface area (TPSA) is 65.3 Å². The van der Waals surface area contributed by atoms with E-state index in [1.165, 1.54) is 11.3 Å². The molecule has 2 aromatic heterocycles. The van der Waals surface area contributed by atoms with Gasteiger partial charge in [0, 0.05) is 37.6 Å². The molecule has 2 bridgehead atoms. The highest BCUT2D eigenvalue weighted by Crippen LogP contribution is 2.16. The van der Waals surface area contributed by atoms with Crippen molar-refractivity contribution in [2.75, 3.05) is 32.9 Å². The summed E-state index contributed by atoms with van der Waals surface area (Å²) >= 11 is 0. The minimum absolute atomic E-state index is 0.499. The van der Waals surface area contributed by atoms with Crippen molar-refractivity contribution in [1.29, 1.82) is 0 Å². The van der Waals surface area contributed by atoms with Gasteiger partial charge in [-0.2, -0.15) is 5.10 Å². The molecule has 0 fully saturated rings. The predicted molar refractivity (Wildman–Crippen MR) is 99.2 cm³/mol. The van der Waals surface area contributed by atoms with Crippen molar-refractivity contribution in [3.05, 3.63) is 35.0 Å². The summed E-state index contributed by atoms with van der Waals surface area (Å²) in [6, 6.07) is 0. The lowest BCUT2D eigenvalue weighted by atomic mass is 10.1. The second-order valence-electron chi connectivity index (χ2n) is 6.82. The molecular formula is C19H29N5O2. The van der Waals surface area contributed by atoms with Gasteiger partial charge >= 0.3 is 0 Å². The maximum Gasteiger partial charge on any atom is 0.232 e. The summed E-state index contributed by atoms with van der Waals surface area (Å²) in [5.41, 5.74) is 4.68. The zero-order valence-electron chi connectivity index (χ0n) is 16.1. The van der Waals surface area contributed by atoms with E-state index in [-0.39, 0.29) is 0 Å². The van der Waals surface area contributed by atoms with Gasteiger partial charge in [0.1, 0.15) is 6.61 Å². The van der Waals surface area contributed by atoms with E-state index in [2.05, 4.69) is 33.8 Å². The quantitative estimate of drug-likeness (QED) is 0.818. The molecule has 7 nitrogen and oxygen atoms in total. The fourth-order valence-electron chi connectivity index (χ4n) is 3.26. The SMILES string of the molecule is Cc1nn(C)c(C)c1CN1CCCCc2cncc(n2)OCCOCC1. The highest BCUT2D eigenvalue weighted by atomic mass is 16.5. The summed E-state index contributed by atoms with van der Waals surface area (Å²) < 4.78 is 13.3. The Bertz CT molecular complexity index is 716. The van der Waals surface area contributed by atoms with Gasteiger partial charge in [-0.25, -0.2) is 4.98 Å². The molecule has 0 aliphatic carbocycles. The van der Waals surface area contributed by atoms with Gasteiger partial charge in [-0.15, -0.1) is 0 Å². The first-order valence-electron chi connectivity index (χ1n) is 9.36. The maximum atomic E-state index is 5.75. The molecule has 7 heteroatoms. The van der Waals surface area contributed by atoms with Crippen LogP contribution in [0.25, 0.3) is 0 Å². The van der Waals surface area contributed by atoms with E-state index < -0.39 is 0 Å². The second-order valence-corrected chi connectivity index (χ2v) is 6.82. The minimum Gasteiger partial charge on any atom is -0.474 e. The third kappa shape index (κ3) is 5.02. The molecule has 0 unspecified atom stereocenters. The molecule has 0 atom stereocenters. The van der Waals surface area contributed by atoms with Crippen LogP contribution in [0.5, 0.6) is 5.88 Å². The molecule has 1 aliphatic heterocycles. The van der Waals surface area contributed by atoms with Crippen LogP contribution in [0, 0.1) is 13.8 Å². The number of rotatable bonds is 2. The van der Waals surface area contributed by atoms with Crippen LogP contribution in [-0.4, -0.2) is 57.6 Å². The average Bonchev–Trinajstić information content (AvgIpc) is 2.87. The Kier molecular flexibility index (Phi) is 6.57. The molecule has 0 saturated carbocycles. The number of ether oxygens (including phenoxy) is 2. The number of fused-ring (bicyclic) bond motifs is 2. The van der Waals surface area contributed by atoms with E-state index >= 15 is 0 Å². The molecule has 2 aromatic rings. The van der Waals surface area contributed by atoms with Gasteiger partial charge in [0.25, 0.3) is 0 Å². The van der Waals surface area contributed by atoms with Crippen molar-refractivity contribution in [1.82, 2.24) is 24.6 Å². The van der Waals surface area contributed by atoms with Crippen LogP contribution in [0.4, 0.5) is 0 Å². The lowest BCUT2D eigenvalue weighted by Gasteiger charge is -2.23. The van der Waals surface area contributed by atoms with Gasteiger partial charge in [-0.05, 0) is 39.7 Å². The molecule has 0 radical (unpaired) electrons. The first-order chi connectivity index (χ1) is 12.6. The summed E-state index contributed by atoms with van der Waals surface area (Å²) in [6.45, 7) is 8.86. The second kappa shape index (κ2) is 9.09. The molecule has 0 spiro atoms. The highest BCUT2D eigenvalue weighted by Gasteiger charge is 2.14. The Balaban J connectivity index is 1.63. The molecular weight excluding hydrogens is 330 g/mol. The van der Waals surface area contributed by atoms with Gasteiger partial charge in [-0.3, -0.25) is 14.6 Å². The van der Waals surface area contributed by atoms with Crippen molar-refractivity contribution >= 4 is 0 Å². The molecule has 1 aliphatic rings. The lowest BCUT2D eigenvalue weighted by Crippen LogP contribution is -2.29. The van der Waals surface area contributed by atoms with Crippen molar-refractivity contribution < 1.29 is 9.47 Å². The third-order valence-electron chi connectivity index (χ3n) is 4.89. The van der Waals surface area contributed by atoms with Crippen LogP contribution in [0.1, 0.15) is 35.5 Å². The summed E-state index contributed by atoms with van der Waals surface area (Å²) in [4.78, 5) is 11.2. The van der Waals surface area contributed by atoms with E-state index in [0.29, 0.717) is 25.7 Å². The third-order valence-corrected chi connectivity index (χ3v) is 4.89. The fourth-order valence-corrected chi connectivity index (χ4v) is 3.26. The Morgan fingerprint density at radius 3 is 2.77 bits per heavy atom. The minimum atomic E-state index is 0.499. The van der Waals surface area contributed by atoms with Gasteiger partial charge in [0.2, 0.25) is 5.88 Å². The van der Waals surface area contributed by atoms with Crippen molar-refractivity contribution in [3.63, 3.8) is 0 Å². The van der Waals surface area contributed by atoms with Crippen LogP contribution in [-0.2, 0) is 24.8 Å². The number of aromatic nitrogens is 4. The molecule has 0 saturated heterocycles. The number of aryl methyl sites for hydroxylation is 3. The summed E-state index contributed by atoms with van der Waals surface area (Å²) in [6.07, 6.45) is 6.62. The molecule has 0 aromatic carbocycles. The van der Waals surface area contributed by atoms with Crippen molar-refractivity contribution in [2.24, 2.45) is 7.05 Å². The molecule has 3 rings (SSSR count). The Hall–Kier alpha value is -1.99. The number of hydrogen-bond acceptors (Lipinski definition) is 6. The molecule has 26 heavy (non-hydrogen) atoms. The van der Waals surface area contributed by atoms with Crippen LogP contribution in [0.15, 0.2) is 12.4 Å². The van der Waals surface area contributed by atoms with E-state index in [9.17, 15) is 0 Å². The Morgan fingerprint density at radius 1 is 1.08 bits per heavy atom. The summed E-state index contributed by atoms with van der Waals surface area (Å²) in [5.74, 6) is 0.590. The molecule has 0 N–H and O–H groups in total. The van der Waals surface area contributed by atoms with Crippen LogP contribution >= 0.6 is 0 Å². The van der Waals surface area contributed by atoms with E-state index in [1.807, 2.05) is 17.9 Å². The van der Waals surface area contributed by atoms with E-state index in [0.717, 1.165) is 50.3 Å². The summed E-state index contributed by atoms with van der Waals surface area (Å²) in [7, 11) is 2.01. The lowest BCUT2D eigenvalue weighted by molar-refractivity contribution is 0.0757. The zero-order chi connectivity index (χ0) is 18.4. The van der Waals surface area contributed by atoms with Crippen molar-refractivity contribution in [3.8, 4) is 5.88 Å². The fraction of sp³-hybridized carbons (Fsp3) is 0.632. The first kappa shape index (κ1) is 18.8. The summed E-state index contributed by atoms with van der Waals surface area (Å²) in [5, 5.41) is 4.54. The van der Waals surface area contributed by atoms with Gasteiger partial charge < -0.3 is 9.47 Å². The first-order valence-corrected chi connectivity index (χ1v) is 9.36. The largest absolute Gasteiger partial charge is 0.474 e. The maximum absolute atomic E-state index is 5.75. The standard InChI is InChI=1S/C19H29N5O2/c1-15-18(16(2)23(3)22-15)14-24-7-5-4-6-17-12-20-13-19(21-17)26-11-10-25-9-8-24/h12-13H,4-11,14H2,1-3H3. The monoisotopic (exact) mass is 359 g/mol. The molecule has 0 amide bonds. The van der Waals surface area contributed by atoms with Gasteiger partial charge in [-0.1, -0.05) is 0 Å². The van der Waals surface area contributed by atoms with E-state index in [1.54, 1.807) is 6.20 Å². The van der Waals surface area contributed by atoms with Crippen molar-refractivity contribution in [2.45, 2.75) is 39.7 Å². The molecule has 3 heterocycles. The number of hydrogen-bond donors (Lipinski definition) is 0. The Morgan fingerprint density at radius 2 is 1.96 bits per heavy atom. The highest BCUT2D eigenvalue weighted by molar-refractivity contribution is 5.24. The van der Waals surface area contributed by atoms with Gasteiger partial charge in [0.05, 0.1) is 30.8 Å². The van der Waals surface area contributed by atoms with E-state index in [4.69, 9.17) is 9.47 Å². The number of nitrogens with zero attached hydrogens (tertiary/aromatic N) is 5. The van der Waals surface area contributed by atoms with Crippen LogP contribution in [0.2, 0.25) is 0 Å².